The molecule has 0 saturated carbocycles. The first kappa shape index (κ1) is 17.7. The van der Waals surface area contributed by atoms with Crippen LogP contribution in [0.15, 0.2) is 27.5 Å². The molecule has 3 rings (SSSR count). The predicted octanol–water partition coefficient (Wildman–Crippen LogP) is 3.19. The maximum Gasteiger partial charge on any atom is 0.272 e. The highest BCUT2D eigenvalue weighted by Gasteiger charge is 2.17. The molecule has 0 aliphatic heterocycles. The summed E-state index contributed by atoms with van der Waals surface area (Å²) in [6, 6.07) is 3.61. The van der Waals surface area contributed by atoms with Gasteiger partial charge >= 0.3 is 0 Å². The van der Waals surface area contributed by atoms with E-state index >= 15 is 0 Å². The monoisotopic (exact) mass is 377 g/mol. The van der Waals surface area contributed by atoms with Crippen LogP contribution >= 0.6 is 23.1 Å². The molecule has 0 aliphatic rings. The van der Waals surface area contributed by atoms with E-state index in [9.17, 15) is 9.59 Å². The zero-order valence-corrected chi connectivity index (χ0v) is 15.8. The van der Waals surface area contributed by atoms with Crippen molar-refractivity contribution in [1.29, 1.82) is 0 Å². The summed E-state index contributed by atoms with van der Waals surface area (Å²) in [6.07, 6.45) is 0.810. The summed E-state index contributed by atoms with van der Waals surface area (Å²) in [5.74, 6) is 0.459. The summed E-state index contributed by atoms with van der Waals surface area (Å²) in [5, 5.41) is 11.9. The van der Waals surface area contributed by atoms with Crippen LogP contribution < -0.4 is 10.9 Å². The lowest BCUT2D eigenvalue weighted by Crippen LogP contribution is -2.26. The van der Waals surface area contributed by atoms with Gasteiger partial charge in [-0.25, -0.2) is 4.98 Å². The minimum absolute atomic E-state index is 0.0195. The molecule has 2 N–H and O–H groups in total. The number of amides is 1. The second-order valence-electron chi connectivity index (χ2n) is 5.73. The molecule has 0 bridgehead atoms. The molecule has 7 nitrogen and oxygen atoms in total. The second kappa shape index (κ2) is 7.40. The molecule has 0 aliphatic carbocycles. The molecule has 0 saturated heterocycles. The molecule has 3 aromatic rings. The van der Waals surface area contributed by atoms with Gasteiger partial charge in [0.1, 0.15) is 4.70 Å². The largest absolute Gasteiger partial charge is 0.308 e. The van der Waals surface area contributed by atoms with Crippen LogP contribution in [0.3, 0.4) is 0 Å². The fraction of sp³-hybridized carbons (Fsp3) is 0.375. The van der Waals surface area contributed by atoms with Crippen LogP contribution in [-0.2, 0) is 4.79 Å². The minimum Gasteiger partial charge on any atom is -0.308 e. The van der Waals surface area contributed by atoms with Crippen molar-refractivity contribution in [3.8, 4) is 0 Å². The van der Waals surface area contributed by atoms with E-state index in [1.165, 1.54) is 23.1 Å². The molecule has 1 amide bonds. The van der Waals surface area contributed by atoms with Crippen LogP contribution in [-0.4, -0.2) is 31.4 Å². The van der Waals surface area contributed by atoms with Crippen molar-refractivity contribution in [2.45, 2.75) is 38.4 Å². The molecule has 0 spiro atoms. The van der Waals surface area contributed by atoms with E-state index in [-0.39, 0.29) is 23.3 Å². The molecule has 9 heteroatoms. The highest BCUT2D eigenvalue weighted by atomic mass is 32.2. The molecule has 0 aromatic carbocycles. The Hall–Kier alpha value is -2.13. The van der Waals surface area contributed by atoms with Crippen molar-refractivity contribution in [3.63, 3.8) is 0 Å². The third-order valence-electron chi connectivity index (χ3n) is 3.82. The number of H-pyrrole nitrogens is 1. The van der Waals surface area contributed by atoms with Gasteiger partial charge in [-0.15, -0.1) is 11.3 Å². The van der Waals surface area contributed by atoms with E-state index < -0.39 is 0 Å². The molecule has 25 heavy (non-hydrogen) atoms. The fourth-order valence-corrected chi connectivity index (χ4v) is 4.03. The minimum atomic E-state index is -0.188. The first-order valence-corrected chi connectivity index (χ1v) is 9.80. The summed E-state index contributed by atoms with van der Waals surface area (Å²) >= 11 is 2.66. The second-order valence-corrected chi connectivity index (χ2v) is 7.59. The van der Waals surface area contributed by atoms with E-state index in [0.717, 1.165) is 12.1 Å². The highest BCUT2D eigenvalue weighted by Crippen LogP contribution is 2.24. The average Bonchev–Trinajstić information content (AvgIpc) is 3.21. The van der Waals surface area contributed by atoms with Gasteiger partial charge in [0.25, 0.3) is 5.56 Å². The SMILES string of the molecule is CCC(C)n1c(SCC(=O)Nc2cc(C)[nH]n2)nc2ccsc2c1=O. The Bertz CT molecular complexity index is 959. The number of hydrogen-bond donors (Lipinski definition) is 2. The Morgan fingerprint density at radius 3 is 3.00 bits per heavy atom. The number of aromatic amines is 1. The normalized spacial score (nSPS) is 12.4. The smallest absolute Gasteiger partial charge is 0.272 e. The molecule has 3 aromatic heterocycles. The van der Waals surface area contributed by atoms with E-state index in [4.69, 9.17) is 0 Å². The number of aryl methyl sites for hydroxylation is 1. The van der Waals surface area contributed by atoms with E-state index in [2.05, 4.69) is 20.5 Å². The van der Waals surface area contributed by atoms with Crippen molar-refractivity contribution in [1.82, 2.24) is 19.7 Å². The third-order valence-corrected chi connectivity index (χ3v) is 5.66. The number of hydrogen-bond acceptors (Lipinski definition) is 6. The Morgan fingerprint density at radius 1 is 1.52 bits per heavy atom. The molecule has 0 radical (unpaired) electrons. The van der Waals surface area contributed by atoms with Gasteiger partial charge in [-0.1, -0.05) is 18.7 Å². The standard InChI is InChI=1S/C16H19N5O2S2/c1-4-10(3)21-15(23)14-11(5-6-24-14)17-16(21)25-8-13(22)18-12-7-9(2)19-20-12/h5-7,10H,4,8H2,1-3H3,(H2,18,19,20,22). The van der Waals surface area contributed by atoms with Gasteiger partial charge in [0.15, 0.2) is 11.0 Å². The van der Waals surface area contributed by atoms with Crippen molar-refractivity contribution in [3.05, 3.63) is 33.6 Å². The topological polar surface area (TPSA) is 92.7 Å². The number of anilines is 1. The number of rotatable bonds is 6. The van der Waals surface area contributed by atoms with Gasteiger partial charge in [0, 0.05) is 17.8 Å². The summed E-state index contributed by atoms with van der Waals surface area (Å²) < 4.78 is 2.34. The predicted molar refractivity (Wildman–Crippen MR) is 102 cm³/mol. The third kappa shape index (κ3) is 3.77. The molecule has 132 valence electrons. The molecule has 3 heterocycles. The van der Waals surface area contributed by atoms with Gasteiger partial charge in [-0.2, -0.15) is 5.10 Å². The van der Waals surface area contributed by atoms with Gasteiger partial charge in [0.05, 0.1) is 11.3 Å². The van der Waals surface area contributed by atoms with Crippen molar-refractivity contribution in [2.75, 3.05) is 11.1 Å². The number of aromatic nitrogens is 4. The molecular weight excluding hydrogens is 358 g/mol. The Balaban J connectivity index is 1.82. The summed E-state index contributed by atoms with van der Waals surface area (Å²) in [4.78, 5) is 29.5. The highest BCUT2D eigenvalue weighted by molar-refractivity contribution is 7.99. The Morgan fingerprint density at radius 2 is 2.32 bits per heavy atom. The number of thiophene rings is 1. The number of nitrogens with one attached hydrogen (secondary N) is 2. The van der Waals surface area contributed by atoms with Crippen LogP contribution in [0.4, 0.5) is 5.82 Å². The zero-order valence-electron chi connectivity index (χ0n) is 14.2. The summed E-state index contributed by atoms with van der Waals surface area (Å²) in [7, 11) is 0. The van der Waals surface area contributed by atoms with Crippen LogP contribution in [0.1, 0.15) is 32.0 Å². The molecule has 1 unspecified atom stereocenters. The van der Waals surface area contributed by atoms with E-state index in [1.54, 1.807) is 10.6 Å². The van der Waals surface area contributed by atoms with Gasteiger partial charge in [-0.05, 0) is 31.7 Å². The summed E-state index contributed by atoms with van der Waals surface area (Å²) in [6.45, 7) is 5.87. The van der Waals surface area contributed by atoms with Gasteiger partial charge in [0.2, 0.25) is 5.91 Å². The first-order chi connectivity index (χ1) is 12.0. The lowest BCUT2D eigenvalue weighted by Gasteiger charge is -2.17. The molecular formula is C16H19N5O2S2. The maximum absolute atomic E-state index is 12.8. The number of carbonyl (C=O) groups excluding carboxylic acids is 1. The Kier molecular flexibility index (Phi) is 5.24. The number of fused-ring (bicyclic) bond motifs is 1. The maximum atomic E-state index is 12.8. The quantitative estimate of drug-likeness (QED) is 0.508. The van der Waals surface area contributed by atoms with Crippen molar-refractivity contribution >= 4 is 45.0 Å². The van der Waals surface area contributed by atoms with Gasteiger partial charge in [-0.3, -0.25) is 19.3 Å². The lowest BCUT2D eigenvalue weighted by molar-refractivity contribution is -0.113. The average molecular weight is 377 g/mol. The van der Waals surface area contributed by atoms with Crippen LogP contribution in [0.5, 0.6) is 0 Å². The van der Waals surface area contributed by atoms with E-state index in [0.29, 0.717) is 21.2 Å². The molecule has 1 atom stereocenters. The zero-order chi connectivity index (χ0) is 18.0. The number of carbonyl (C=O) groups is 1. The summed E-state index contributed by atoms with van der Waals surface area (Å²) in [5.41, 5.74) is 1.51. The number of nitrogens with zero attached hydrogens (tertiary/aromatic N) is 3. The van der Waals surface area contributed by atoms with Crippen molar-refractivity contribution in [2.24, 2.45) is 0 Å². The Labute approximate surface area is 152 Å². The van der Waals surface area contributed by atoms with Gasteiger partial charge < -0.3 is 5.32 Å². The number of thioether (sulfide) groups is 1. The van der Waals surface area contributed by atoms with Crippen LogP contribution in [0.2, 0.25) is 0 Å². The lowest BCUT2D eigenvalue weighted by atomic mass is 10.2. The van der Waals surface area contributed by atoms with Crippen molar-refractivity contribution < 1.29 is 4.79 Å². The van der Waals surface area contributed by atoms with Crippen LogP contribution in [0.25, 0.3) is 10.2 Å². The first-order valence-electron chi connectivity index (χ1n) is 7.94. The van der Waals surface area contributed by atoms with E-state index in [1.807, 2.05) is 32.2 Å². The van der Waals surface area contributed by atoms with Crippen LogP contribution in [0, 0.1) is 6.92 Å². The molecule has 0 fully saturated rings. The fourth-order valence-electron chi connectivity index (χ4n) is 2.37.